The Hall–Kier alpha value is -2.45. The van der Waals surface area contributed by atoms with Crippen molar-refractivity contribution in [3.05, 3.63) is 47.9 Å². The number of anilines is 1. The summed E-state index contributed by atoms with van der Waals surface area (Å²) in [5, 5.41) is 12.4. The second kappa shape index (κ2) is 7.66. The largest absolute Gasteiger partial charge is 0.310 e. The van der Waals surface area contributed by atoms with Crippen LogP contribution in [0, 0.1) is 0 Å². The van der Waals surface area contributed by atoms with Crippen LogP contribution in [0.2, 0.25) is 5.02 Å². The molecule has 0 saturated heterocycles. The summed E-state index contributed by atoms with van der Waals surface area (Å²) in [5.41, 5.74) is 0.922. The number of thioether (sulfide) groups is 1. The summed E-state index contributed by atoms with van der Waals surface area (Å²) in [5.74, 6) is 1.11. The molecule has 3 aromatic heterocycles. The summed E-state index contributed by atoms with van der Waals surface area (Å²) in [4.78, 5) is 20.8. The van der Waals surface area contributed by atoms with Gasteiger partial charge in [-0.3, -0.25) is 14.3 Å². The van der Waals surface area contributed by atoms with E-state index in [-0.39, 0.29) is 11.2 Å². The highest BCUT2D eigenvalue weighted by Crippen LogP contribution is 2.41. The lowest BCUT2D eigenvalue weighted by Gasteiger charge is -2.13. The van der Waals surface area contributed by atoms with Gasteiger partial charge in [-0.15, -0.1) is 10.2 Å². The van der Waals surface area contributed by atoms with E-state index in [1.165, 1.54) is 18.0 Å². The second-order valence-corrected chi connectivity index (χ2v) is 8.00. The van der Waals surface area contributed by atoms with Crippen LogP contribution in [-0.2, 0) is 4.79 Å². The van der Waals surface area contributed by atoms with E-state index in [2.05, 4.69) is 30.0 Å². The number of nitrogens with one attached hydrogen (secondary N) is 1. The number of carbonyl (C=O) groups is 1. The molecule has 0 bridgehead atoms. The number of pyridine rings is 2. The van der Waals surface area contributed by atoms with Crippen LogP contribution in [-0.4, -0.2) is 35.9 Å². The molecule has 1 N–H and O–H groups in total. The number of hydrogen-bond acceptors (Lipinski definition) is 6. The van der Waals surface area contributed by atoms with Gasteiger partial charge in [-0.25, -0.2) is 4.98 Å². The Balaban J connectivity index is 1.51. The third-order valence-electron chi connectivity index (χ3n) is 4.13. The van der Waals surface area contributed by atoms with Crippen molar-refractivity contribution in [3.63, 3.8) is 0 Å². The average Bonchev–Trinajstić information content (AvgIpc) is 3.44. The number of aromatic nitrogens is 5. The Morgan fingerprint density at radius 3 is 2.81 bits per heavy atom. The summed E-state index contributed by atoms with van der Waals surface area (Å²) in [6.07, 6.45) is 7.19. The average molecular weight is 401 g/mol. The van der Waals surface area contributed by atoms with Gasteiger partial charge in [0.2, 0.25) is 5.91 Å². The maximum atomic E-state index is 12.5. The molecule has 1 atom stereocenters. The summed E-state index contributed by atoms with van der Waals surface area (Å²) >= 11 is 7.21. The molecule has 1 saturated carbocycles. The third kappa shape index (κ3) is 4.12. The van der Waals surface area contributed by atoms with E-state index in [9.17, 15) is 4.79 Å². The number of hydrogen-bond donors (Lipinski definition) is 1. The van der Waals surface area contributed by atoms with Crippen LogP contribution in [0.25, 0.3) is 11.4 Å². The zero-order valence-electron chi connectivity index (χ0n) is 14.5. The van der Waals surface area contributed by atoms with Gasteiger partial charge in [0, 0.05) is 30.2 Å². The predicted octanol–water partition coefficient (Wildman–Crippen LogP) is 3.84. The molecule has 0 spiro atoms. The van der Waals surface area contributed by atoms with Crippen molar-refractivity contribution in [2.75, 3.05) is 5.32 Å². The molecule has 0 unspecified atom stereocenters. The molecule has 1 aliphatic rings. The molecule has 0 radical (unpaired) electrons. The molecular weight excluding hydrogens is 384 g/mol. The number of nitrogens with zero attached hydrogens (tertiary/aromatic N) is 5. The Kier molecular flexibility index (Phi) is 5.09. The summed E-state index contributed by atoms with van der Waals surface area (Å²) < 4.78 is 2.12. The molecule has 3 aromatic rings. The second-order valence-electron chi connectivity index (χ2n) is 6.26. The SMILES string of the molecule is C[C@H](Sc1nnc(-c2cccnc2)n1C1CC1)C(=O)Nc1ccc(Cl)cn1. The molecule has 0 aromatic carbocycles. The number of carbonyl (C=O) groups excluding carboxylic acids is 1. The molecule has 138 valence electrons. The van der Waals surface area contributed by atoms with E-state index in [0.29, 0.717) is 16.9 Å². The van der Waals surface area contributed by atoms with E-state index >= 15 is 0 Å². The molecule has 0 aliphatic heterocycles. The zero-order chi connectivity index (χ0) is 18.8. The van der Waals surface area contributed by atoms with Gasteiger partial charge in [0.05, 0.1) is 10.3 Å². The van der Waals surface area contributed by atoms with Gasteiger partial charge >= 0.3 is 0 Å². The molecule has 9 heteroatoms. The van der Waals surface area contributed by atoms with Crippen molar-refractivity contribution in [3.8, 4) is 11.4 Å². The maximum Gasteiger partial charge on any atom is 0.238 e. The maximum absolute atomic E-state index is 12.5. The van der Waals surface area contributed by atoms with Crippen molar-refractivity contribution in [2.45, 2.75) is 36.2 Å². The highest BCUT2D eigenvalue weighted by molar-refractivity contribution is 8.00. The lowest BCUT2D eigenvalue weighted by molar-refractivity contribution is -0.115. The smallest absolute Gasteiger partial charge is 0.238 e. The van der Waals surface area contributed by atoms with Crippen molar-refractivity contribution >= 4 is 35.1 Å². The monoisotopic (exact) mass is 400 g/mol. The normalized spacial score (nSPS) is 14.7. The first-order valence-corrected chi connectivity index (χ1v) is 9.82. The van der Waals surface area contributed by atoms with E-state index in [4.69, 9.17) is 11.6 Å². The van der Waals surface area contributed by atoms with Gasteiger partial charge in [-0.1, -0.05) is 23.4 Å². The number of halogens is 1. The van der Waals surface area contributed by atoms with Crippen molar-refractivity contribution in [2.24, 2.45) is 0 Å². The van der Waals surface area contributed by atoms with E-state index in [0.717, 1.165) is 29.4 Å². The van der Waals surface area contributed by atoms with Gasteiger partial charge in [-0.2, -0.15) is 0 Å². The highest BCUT2D eigenvalue weighted by Gasteiger charge is 2.31. The molecule has 1 fully saturated rings. The molecule has 7 nitrogen and oxygen atoms in total. The predicted molar refractivity (Wildman–Crippen MR) is 105 cm³/mol. The Labute approximate surface area is 165 Å². The molecule has 3 heterocycles. The summed E-state index contributed by atoms with van der Waals surface area (Å²) in [6.45, 7) is 1.84. The lowest BCUT2D eigenvalue weighted by atomic mass is 10.3. The first-order chi connectivity index (χ1) is 13.1. The van der Waals surface area contributed by atoms with E-state index in [1.807, 2.05) is 19.1 Å². The first-order valence-electron chi connectivity index (χ1n) is 8.56. The van der Waals surface area contributed by atoms with E-state index < -0.39 is 0 Å². The van der Waals surface area contributed by atoms with Gasteiger partial charge < -0.3 is 5.32 Å². The van der Waals surface area contributed by atoms with E-state index in [1.54, 1.807) is 24.5 Å². The molecule has 1 aliphatic carbocycles. The highest BCUT2D eigenvalue weighted by atomic mass is 35.5. The van der Waals surface area contributed by atoms with Crippen molar-refractivity contribution in [1.82, 2.24) is 24.7 Å². The summed E-state index contributed by atoms with van der Waals surface area (Å²) in [6, 6.07) is 7.58. The summed E-state index contributed by atoms with van der Waals surface area (Å²) in [7, 11) is 0. The van der Waals surface area contributed by atoms with Crippen molar-refractivity contribution < 1.29 is 4.79 Å². The first kappa shape index (κ1) is 17.9. The zero-order valence-corrected chi connectivity index (χ0v) is 16.1. The molecule has 1 amide bonds. The Morgan fingerprint density at radius 1 is 1.30 bits per heavy atom. The van der Waals surface area contributed by atoms with Gasteiger partial charge in [-0.05, 0) is 44.0 Å². The third-order valence-corrected chi connectivity index (χ3v) is 5.41. The van der Waals surface area contributed by atoms with Crippen LogP contribution >= 0.6 is 23.4 Å². The lowest BCUT2D eigenvalue weighted by Crippen LogP contribution is -2.23. The van der Waals surface area contributed by atoms with Crippen LogP contribution in [0.1, 0.15) is 25.8 Å². The minimum atomic E-state index is -0.356. The van der Waals surface area contributed by atoms with Crippen LogP contribution in [0.4, 0.5) is 5.82 Å². The molecule has 4 rings (SSSR count). The topological polar surface area (TPSA) is 85.6 Å². The van der Waals surface area contributed by atoms with Crippen molar-refractivity contribution in [1.29, 1.82) is 0 Å². The fraction of sp³-hybridized carbons (Fsp3) is 0.278. The van der Waals surface area contributed by atoms with Crippen LogP contribution in [0.3, 0.4) is 0 Å². The molecular formula is C18H17ClN6OS. The quantitative estimate of drug-likeness (QED) is 0.632. The van der Waals surface area contributed by atoms with Gasteiger partial charge in [0.15, 0.2) is 11.0 Å². The molecule has 27 heavy (non-hydrogen) atoms. The Morgan fingerprint density at radius 2 is 2.15 bits per heavy atom. The van der Waals surface area contributed by atoms with Gasteiger partial charge in [0.25, 0.3) is 0 Å². The fourth-order valence-electron chi connectivity index (χ4n) is 2.60. The number of rotatable bonds is 6. The minimum absolute atomic E-state index is 0.150. The standard InChI is InChI=1S/C18H17ClN6OS/c1-11(17(26)22-15-7-4-13(19)10-21-15)27-18-24-23-16(25(18)14-5-6-14)12-3-2-8-20-9-12/h2-4,7-11,14H,5-6H2,1H3,(H,21,22,26)/t11-/m0/s1. The van der Waals surface area contributed by atoms with Crippen LogP contribution < -0.4 is 5.32 Å². The van der Waals surface area contributed by atoms with Crippen LogP contribution in [0.15, 0.2) is 48.0 Å². The van der Waals surface area contributed by atoms with Crippen LogP contribution in [0.5, 0.6) is 0 Å². The Bertz CT molecular complexity index is 942. The fourth-order valence-corrected chi connectivity index (χ4v) is 3.63. The van der Waals surface area contributed by atoms with Gasteiger partial charge in [0.1, 0.15) is 5.82 Å². The minimum Gasteiger partial charge on any atom is -0.310 e. The number of amides is 1.